The van der Waals surface area contributed by atoms with Crippen LogP contribution in [0.3, 0.4) is 0 Å². The summed E-state index contributed by atoms with van der Waals surface area (Å²) in [5, 5.41) is 28.3. The van der Waals surface area contributed by atoms with Gasteiger partial charge in [-0.15, -0.1) is 0 Å². The van der Waals surface area contributed by atoms with Gasteiger partial charge >= 0.3 is 19.8 Å². The van der Waals surface area contributed by atoms with Crippen LogP contribution >= 0.6 is 7.82 Å². The SMILES string of the molecule is CCCCC/C=C\C[C@H](O)/C=C/C=C\C/C=C\CCCC(=O)O[C@H](COC(=O)CCCCCCC/C=C\C=C/CCCCCC)COP(=O)(O)OC[C@@H](O)CO. The van der Waals surface area contributed by atoms with E-state index < -0.39 is 57.9 Å². The largest absolute Gasteiger partial charge is 0.472 e. The number of hydrogen-bond donors (Lipinski definition) is 4. The number of phosphoric ester groups is 1. The van der Waals surface area contributed by atoms with Crippen molar-refractivity contribution < 1.29 is 52.9 Å². The van der Waals surface area contributed by atoms with E-state index >= 15 is 0 Å². The van der Waals surface area contributed by atoms with E-state index in [0.717, 1.165) is 44.9 Å². The van der Waals surface area contributed by atoms with Gasteiger partial charge in [-0.25, -0.2) is 4.57 Å². The van der Waals surface area contributed by atoms with E-state index in [4.69, 9.17) is 19.1 Å². The quantitative estimate of drug-likeness (QED) is 0.0154. The Balaban J connectivity index is 4.53. The number of allylic oxidation sites excluding steroid dienone is 10. The molecule has 0 aromatic rings. The molecule has 0 amide bonds. The maximum atomic E-state index is 12.6. The van der Waals surface area contributed by atoms with Crippen molar-refractivity contribution in [1.82, 2.24) is 0 Å². The number of esters is 2. The Morgan fingerprint density at radius 2 is 1.16 bits per heavy atom. The monoisotopic (exact) mass is 811 g/mol. The number of carbonyl (C=O) groups is 2. The molecule has 0 aliphatic heterocycles. The molecule has 0 aromatic heterocycles. The molecule has 0 bridgehead atoms. The highest BCUT2D eigenvalue weighted by Gasteiger charge is 2.27. The van der Waals surface area contributed by atoms with E-state index in [2.05, 4.69) is 48.8 Å². The van der Waals surface area contributed by atoms with E-state index in [-0.39, 0.29) is 19.4 Å². The fourth-order valence-corrected chi connectivity index (χ4v) is 5.91. The first kappa shape index (κ1) is 53.4. The van der Waals surface area contributed by atoms with Gasteiger partial charge in [-0.2, -0.15) is 0 Å². The Kier molecular flexibility index (Phi) is 37.4. The molecule has 56 heavy (non-hydrogen) atoms. The molecule has 4 atom stereocenters. The Labute approximate surface area is 338 Å². The second kappa shape index (κ2) is 39.2. The predicted molar refractivity (Wildman–Crippen MR) is 225 cm³/mol. The van der Waals surface area contributed by atoms with Crippen LogP contribution in [0.2, 0.25) is 0 Å². The molecule has 322 valence electrons. The van der Waals surface area contributed by atoms with E-state index in [1.165, 1.54) is 44.9 Å². The number of ether oxygens (including phenoxy) is 2. The fourth-order valence-electron chi connectivity index (χ4n) is 5.12. The molecule has 0 rings (SSSR count). The molecule has 0 aliphatic rings. The van der Waals surface area contributed by atoms with Gasteiger partial charge in [0.1, 0.15) is 12.7 Å². The van der Waals surface area contributed by atoms with Crippen molar-refractivity contribution in [2.45, 2.75) is 167 Å². The van der Waals surface area contributed by atoms with E-state index in [9.17, 15) is 29.3 Å². The molecular weight excluding hydrogens is 735 g/mol. The zero-order valence-corrected chi connectivity index (χ0v) is 35.3. The average molecular weight is 811 g/mol. The Hall–Kier alpha value is -2.63. The summed E-state index contributed by atoms with van der Waals surface area (Å²) >= 11 is 0. The summed E-state index contributed by atoms with van der Waals surface area (Å²) in [6.07, 6.45) is 40.4. The number of aliphatic hydroxyl groups excluding tert-OH is 3. The van der Waals surface area contributed by atoms with Gasteiger partial charge in [-0.1, -0.05) is 138 Å². The minimum Gasteiger partial charge on any atom is -0.462 e. The standard InChI is InChI=1S/C44H75O11P/c1-3-5-7-9-11-12-13-14-15-16-17-18-22-26-30-34-43(48)52-38-42(39-54-56(50,51)53-37-41(47)36-45)55-44(49)35-31-27-23-20-19-21-25-29-33-40(46)32-28-24-10-8-6-4-2/h12-15,20-21,23-25,28-29,33,40-42,45-47H,3-11,16-19,22,26-27,30-32,34-39H2,1-2H3,(H,50,51)/b13-12-,15-14-,23-20-,25-21-,28-24-,33-29+/t40-,41-,42+/m0/s1. The molecule has 0 heterocycles. The molecule has 0 spiro atoms. The first-order chi connectivity index (χ1) is 27.1. The summed E-state index contributed by atoms with van der Waals surface area (Å²) < 4.78 is 32.6. The van der Waals surface area contributed by atoms with Crippen molar-refractivity contribution in [2.75, 3.05) is 26.4 Å². The molecule has 0 saturated heterocycles. The molecule has 4 N–H and O–H groups in total. The van der Waals surface area contributed by atoms with Gasteiger partial charge in [-0.05, 0) is 70.6 Å². The van der Waals surface area contributed by atoms with Crippen LogP contribution in [0.1, 0.15) is 149 Å². The molecule has 1 unspecified atom stereocenters. The number of carbonyl (C=O) groups excluding carboxylic acids is 2. The second-order valence-corrected chi connectivity index (χ2v) is 15.3. The zero-order valence-electron chi connectivity index (χ0n) is 34.4. The van der Waals surface area contributed by atoms with Crippen molar-refractivity contribution in [2.24, 2.45) is 0 Å². The lowest BCUT2D eigenvalue weighted by Gasteiger charge is -2.20. The number of rotatable bonds is 38. The normalized spacial score (nSPS) is 15.2. The smallest absolute Gasteiger partial charge is 0.462 e. The van der Waals surface area contributed by atoms with Crippen molar-refractivity contribution in [1.29, 1.82) is 0 Å². The molecular formula is C44H75O11P. The number of hydrogen-bond acceptors (Lipinski definition) is 10. The van der Waals surface area contributed by atoms with E-state index in [1.807, 2.05) is 36.5 Å². The third kappa shape index (κ3) is 38.3. The number of phosphoric acid groups is 1. The lowest BCUT2D eigenvalue weighted by molar-refractivity contribution is -0.161. The maximum absolute atomic E-state index is 12.6. The lowest BCUT2D eigenvalue weighted by atomic mass is 10.1. The summed E-state index contributed by atoms with van der Waals surface area (Å²) in [6.45, 7) is 2.13. The van der Waals surface area contributed by atoms with Crippen LogP contribution in [0.4, 0.5) is 0 Å². The highest BCUT2D eigenvalue weighted by Crippen LogP contribution is 2.43. The first-order valence-electron chi connectivity index (χ1n) is 21.0. The lowest BCUT2D eigenvalue weighted by Crippen LogP contribution is -2.29. The summed E-state index contributed by atoms with van der Waals surface area (Å²) in [7, 11) is -4.65. The van der Waals surface area contributed by atoms with Crippen molar-refractivity contribution in [3.05, 3.63) is 72.9 Å². The molecule has 12 heteroatoms. The highest BCUT2D eigenvalue weighted by atomic mass is 31.2. The van der Waals surface area contributed by atoms with Gasteiger partial charge in [0.05, 0.1) is 25.9 Å². The fraction of sp³-hybridized carbons (Fsp3) is 0.682. The van der Waals surface area contributed by atoms with Crippen LogP contribution in [0, 0.1) is 0 Å². The Morgan fingerprint density at radius 1 is 0.607 bits per heavy atom. The van der Waals surface area contributed by atoms with Crippen molar-refractivity contribution in [3.63, 3.8) is 0 Å². The highest BCUT2D eigenvalue weighted by molar-refractivity contribution is 7.47. The third-order valence-corrected chi connectivity index (χ3v) is 9.39. The minimum atomic E-state index is -4.65. The van der Waals surface area contributed by atoms with Gasteiger partial charge in [0, 0.05) is 12.8 Å². The average Bonchev–Trinajstić information content (AvgIpc) is 3.18. The number of unbranched alkanes of at least 4 members (excludes halogenated alkanes) is 13. The van der Waals surface area contributed by atoms with Crippen LogP contribution in [-0.4, -0.2) is 76.9 Å². The Morgan fingerprint density at radius 3 is 1.88 bits per heavy atom. The summed E-state index contributed by atoms with van der Waals surface area (Å²) in [5.74, 6) is -1.05. The molecule has 0 saturated carbocycles. The zero-order chi connectivity index (χ0) is 41.4. The third-order valence-electron chi connectivity index (χ3n) is 8.44. The van der Waals surface area contributed by atoms with Gasteiger partial charge in [0.25, 0.3) is 0 Å². The Bertz CT molecular complexity index is 1180. The molecule has 0 fully saturated rings. The molecule has 0 aromatic carbocycles. The van der Waals surface area contributed by atoms with Crippen LogP contribution in [0.25, 0.3) is 0 Å². The minimum absolute atomic E-state index is 0.0693. The van der Waals surface area contributed by atoms with E-state index in [0.29, 0.717) is 32.1 Å². The molecule has 0 aliphatic carbocycles. The predicted octanol–water partition coefficient (Wildman–Crippen LogP) is 9.86. The van der Waals surface area contributed by atoms with Crippen LogP contribution in [0.15, 0.2) is 72.9 Å². The van der Waals surface area contributed by atoms with Gasteiger partial charge in [0.15, 0.2) is 6.10 Å². The summed E-state index contributed by atoms with van der Waals surface area (Å²) in [4.78, 5) is 34.9. The van der Waals surface area contributed by atoms with Crippen molar-refractivity contribution >= 4 is 19.8 Å². The van der Waals surface area contributed by atoms with Crippen LogP contribution < -0.4 is 0 Å². The molecule has 0 radical (unpaired) electrons. The summed E-state index contributed by atoms with van der Waals surface area (Å²) in [6, 6.07) is 0. The number of aliphatic hydroxyl groups is 3. The van der Waals surface area contributed by atoms with Crippen LogP contribution in [-0.2, 0) is 32.7 Å². The van der Waals surface area contributed by atoms with Gasteiger partial charge in [-0.3, -0.25) is 18.6 Å². The van der Waals surface area contributed by atoms with Gasteiger partial charge in [0.2, 0.25) is 0 Å². The maximum Gasteiger partial charge on any atom is 0.472 e. The van der Waals surface area contributed by atoms with Crippen molar-refractivity contribution in [3.8, 4) is 0 Å². The topological polar surface area (TPSA) is 169 Å². The van der Waals surface area contributed by atoms with Gasteiger partial charge < -0.3 is 29.7 Å². The van der Waals surface area contributed by atoms with E-state index in [1.54, 1.807) is 6.08 Å². The van der Waals surface area contributed by atoms with Crippen LogP contribution in [0.5, 0.6) is 0 Å². The first-order valence-corrected chi connectivity index (χ1v) is 22.5. The summed E-state index contributed by atoms with van der Waals surface area (Å²) in [5.41, 5.74) is 0. The second-order valence-electron chi connectivity index (χ2n) is 13.9. The molecule has 11 nitrogen and oxygen atoms in total.